The highest BCUT2D eigenvalue weighted by Crippen LogP contribution is 2.40. The molecule has 10 heteroatoms. The van der Waals surface area contributed by atoms with Crippen LogP contribution in [0.2, 0.25) is 0 Å². The zero-order valence-electron chi connectivity index (χ0n) is 20.4. The van der Waals surface area contributed by atoms with Crippen molar-refractivity contribution in [3.63, 3.8) is 0 Å². The van der Waals surface area contributed by atoms with Gasteiger partial charge in [0.1, 0.15) is 24.9 Å². The van der Waals surface area contributed by atoms with Crippen LogP contribution < -0.4 is 0 Å². The lowest BCUT2D eigenvalue weighted by Crippen LogP contribution is -2.59. The number of hydrogen-bond donors (Lipinski definition) is 0. The van der Waals surface area contributed by atoms with Crippen LogP contribution in [0.5, 0.6) is 0 Å². The second-order valence-electron chi connectivity index (χ2n) is 8.47. The van der Waals surface area contributed by atoms with E-state index in [-0.39, 0.29) is 13.2 Å². The smallest absolute Gasteiger partial charge is 0.366 e. The summed E-state index contributed by atoms with van der Waals surface area (Å²) >= 11 is 0. The molecule has 0 aliphatic carbocycles. The minimum Gasteiger partial charge on any atom is -0.465 e. The van der Waals surface area contributed by atoms with Gasteiger partial charge in [-0.15, -0.1) is 6.58 Å². The molecule has 2 fully saturated rings. The number of esters is 3. The Hall–Kier alpha value is -3.57. The van der Waals surface area contributed by atoms with Crippen LogP contribution in [0.15, 0.2) is 73.3 Å². The van der Waals surface area contributed by atoms with E-state index in [0.29, 0.717) is 11.1 Å². The van der Waals surface area contributed by atoms with Crippen molar-refractivity contribution in [3.8, 4) is 0 Å². The zero-order chi connectivity index (χ0) is 26.4. The molecule has 196 valence electrons. The summed E-state index contributed by atoms with van der Waals surface area (Å²) in [4.78, 5) is 37.9. The fraction of sp³-hybridized carbons (Fsp3) is 0.370. The average Bonchev–Trinajstić information content (AvgIpc) is 3.30. The monoisotopic (exact) mass is 512 g/mol. The van der Waals surface area contributed by atoms with Crippen molar-refractivity contribution in [3.05, 3.63) is 84.4 Å². The predicted molar refractivity (Wildman–Crippen MR) is 127 cm³/mol. The van der Waals surface area contributed by atoms with Crippen molar-refractivity contribution in [1.82, 2.24) is 0 Å². The van der Waals surface area contributed by atoms with Crippen LogP contribution in [0.25, 0.3) is 0 Å². The third kappa shape index (κ3) is 5.89. The first-order valence-corrected chi connectivity index (χ1v) is 11.7. The third-order valence-electron chi connectivity index (χ3n) is 5.89. The number of carbonyl (C=O) groups excluding carboxylic acids is 3. The SMILES string of the molecule is C=CCO[C@H]1O[C@H](COC(=O)c2ccccc2)[C@@H]2O[C@@](C)(C(=O)OC)O[C@@H]2[C@H]1OC(=O)c1ccccc1. The van der Waals surface area contributed by atoms with E-state index < -0.39 is 54.4 Å². The fourth-order valence-corrected chi connectivity index (χ4v) is 4.12. The molecule has 37 heavy (non-hydrogen) atoms. The second-order valence-corrected chi connectivity index (χ2v) is 8.47. The summed E-state index contributed by atoms with van der Waals surface area (Å²) in [6.45, 7) is 4.84. The highest BCUT2D eigenvalue weighted by molar-refractivity contribution is 5.90. The second kappa shape index (κ2) is 11.7. The van der Waals surface area contributed by atoms with E-state index in [1.807, 2.05) is 0 Å². The van der Waals surface area contributed by atoms with Crippen molar-refractivity contribution < 1.29 is 47.5 Å². The number of rotatable bonds is 9. The van der Waals surface area contributed by atoms with Gasteiger partial charge in [-0.05, 0) is 24.3 Å². The van der Waals surface area contributed by atoms with Crippen LogP contribution >= 0.6 is 0 Å². The normalized spacial score (nSPS) is 28.5. The van der Waals surface area contributed by atoms with E-state index in [1.165, 1.54) is 20.1 Å². The Morgan fingerprint density at radius 2 is 1.54 bits per heavy atom. The van der Waals surface area contributed by atoms with E-state index in [2.05, 4.69) is 6.58 Å². The molecule has 2 aliphatic heterocycles. The van der Waals surface area contributed by atoms with E-state index >= 15 is 0 Å². The molecule has 2 aromatic rings. The van der Waals surface area contributed by atoms with E-state index in [1.54, 1.807) is 60.7 Å². The number of fused-ring (bicyclic) bond motifs is 1. The number of benzene rings is 2. The lowest BCUT2D eigenvalue weighted by molar-refractivity contribution is -0.278. The standard InChI is InChI=1S/C27H28O10/c1-4-15-32-25-22(35-24(29)18-13-9-6-10-14-18)21-20(36-27(2,37-21)26(30)31-3)19(34-25)16-33-23(28)17-11-7-5-8-12-17/h4-14,19-22,25H,1,15-16H2,2-3H3/t19-,20+,21+,22-,25+,27-/m1/s1. The van der Waals surface area contributed by atoms with Gasteiger partial charge in [-0.25, -0.2) is 14.4 Å². The van der Waals surface area contributed by atoms with E-state index in [4.69, 9.17) is 33.2 Å². The Morgan fingerprint density at radius 3 is 2.14 bits per heavy atom. The first-order chi connectivity index (χ1) is 17.9. The average molecular weight is 513 g/mol. The molecule has 10 nitrogen and oxygen atoms in total. The summed E-state index contributed by atoms with van der Waals surface area (Å²) in [5.74, 6) is -3.83. The molecule has 0 radical (unpaired) electrons. The fourth-order valence-electron chi connectivity index (χ4n) is 4.12. The Labute approximate surface area is 214 Å². The maximum absolute atomic E-state index is 12.9. The van der Waals surface area contributed by atoms with Gasteiger partial charge >= 0.3 is 17.9 Å². The van der Waals surface area contributed by atoms with Gasteiger partial charge in [0.25, 0.3) is 5.79 Å². The topological polar surface area (TPSA) is 116 Å². The maximum Gasteiger partial charge on any atom is 0.366 e. The molecule has 4 rings (SSSR count). The van der Waals surface area contributed by atoms with Crippen molar-refractivity contribution in [2.24, 2.45) is 0 Å². The summed E-state index contributed by atoms with van der Waals surface area (Å²) < 4.78 is 39.8. The van der Waals surface area contributed by atoms with Crippen molar-refractivity contribution in [2.75, 3.05) is 20.3 Å². The summed E-state index contributed by atoms with van der Waals surface area (Å²) in [7, 11) is 1.20. The number of hydrogen-bond acceptors (Lipinski definition) is 10. The molecule has 2 aromatic carbocycles. The molecule has 0 spiro atoms. The lowest BCUT2D eigenvalue weighted by atomic mass is 9.99. The quantitative estimate of drug-likeness (QED) is 0.282. The Balaban J connectivity index is 1.59. The Morgan fingerprint density at radius 1 is 0.946 bits per heavy atom. The van der Waals surface area contributed by atoms with E-state index in [9.17, 15) is 14.4 Å². The van der Waals surface area contributed by atoms with Gasteiger partial charge in [0.2, 0.25) is 0 Å². The number of carbonyl (C=O) groups is 3. The van der Waals surface area contributed by atoms with Gasteiger partial charge in [-0.3, -0.25) is 0 Å². The largest absolute Gasteiger partial charge is 0.465 e. The molecule has 0 amide bonds. The van der Waals surface area contributed by atoms with Gasteiger partial charge in [0, 0.05) is 6.92 Å². The van der Waals surface area contributed by atoms with Crippen LogP contribution in [0.4, 0.5) is 0 Å². The van der Waals surface area contributed by atoms with Gasteiger partial charge in [-0.2, -0.15) is 0 Å². The first kappa shape index (κ1) is 26.5. The van der Waals surface area contributed by atoms with Crippen molar-refractivity contribution >= 4 is 17.9 Å². The molecule has 0 N–H and O–H groups in total. The van der Waals surface area contributed by atoms with Gasteiger partial charge in [0.15, 0.2) is 12.4 Å². The Bertz CT molecular complexity index is 1100. The highest BCUT2D eigenvalue weighted by Gasteiger charge is 2.61. The van der Waals surface area contributed by atoms with Gasteiger partial charge < -0.3 is 33.2 Å². The van der Waals surface area contributed by atoms with Crippen LogP contribution in [-0.2, 0) is 38.0 Å². The molecular formula is C27H28O10. The van der Waals surface area contributed by atoms with Crippen molar-refractivity contribution in [1.29, 1.82) is 0 Å². The van der Waals surface area contributed by atoms with Gasteiger partial charge in [0.05, 0.1) is 24.8 Å². The molecule has 0 saturated carbocycles. The van der Waals surface area contributed by atoms with Crippen LogP contribution in [0.1, 0.15) is 27.6 Å². The summed E-state index contributed by atoms with van der Waals surface area (Å²) in [6.07, 6.45) is -3.68. The van der Waals surface area contributed by atoms with Crippen LogP contribution in [0, 0.1) is 0 Å². The van der Waals surface area contributed by atoms with E-state index in [0.717, 1.165) is 0 Å². The molecule has 0 unspecified atom stereocenters. The van der Waals surface area contributed by atoms with Crippen molar-refractivity contribution in [2.45, 2.75) is 43.4 Å². The first-order valence-electron chi connectivity index (χ1n) is 11.7. The molecule has 2 heterocycles. The summed E-state index contributed by atoms with van der Waals surface area (Å²) in [6, 6.07) is 16.8. The summed E-state index contributed by atoms with van der Waals surface area (Å²) in [5.41, 5.74) is 0.655. The minimum atomic E-state index is -1.82. The summed E-state index contributed by atoms with van der Waals surface area (Å²) in [5, 5.41) is 0. The predicted octanol–water partition coefficient (Wildman–Crippen LogP) is 2.67. The molecular weight excluding hydrogens is 484 g/mol. The number of ether oxygens (including phenoxy) is 7. The lowest BCUT2D eigenvalue weighted by Gasteiger charge is -2.40. The van der Waals surface area contributed by atoms with Gasteiger partial charge in [-0.1, -0.05) is 42.5 Å². The number of methoxy groups -OCH3 is 1. The maximum atomic E-state index is 12.9. The molecule has 0 aromatic heterocycles. The molecule has 6 atom stereocenters. The molecule has 2 aliphatic rings. The molecule has 2 saturated heterocycles. The van der Waals surface area contributed by atoms with Crippen LogP contribution in [0.3, 0.4) is 0 Å². The minimum absolute atomic E-state index is 0.0626. The third-order valence-corrected chi connectivity index (χ3v) is 5.89. The highest BCUT2D eigenvalue weighted by atomic mass is 16.8. The molecule has 0 bridgehead atoms. The Kier molecular flexibility index (Phi) is 8.34. The van der Waals surface area contributed by atoms with Crippen LogP contribution in [-0.4, -0.2) is 74.7 Å². The zero-order valence-corrected chi connectivity index (χ0v) is 20.4.